The zero-order valence-corrected chi connectivity index (χ0v) is 19.8. The van der Waals surface area contributed by atoms with Crippen LogP contribution in [0.5, 0.6) is 0 Å². The van der Waals surface area contributed by atoms with Gasteiger partial charge in [-0.2, -0.15) is 0 Å². The molecule has 204 valence electrons. The summed E-state index contributed by atoms with van der Waals surface area (Å²) >= 11 is 0. The molecule has 0 radical (unpaired) electrons. The lowest BCUT2D eigenvalue weighted by atomic mass is 9.97. The number of methoxy groups -OCH3 is 1. The number of aliphatic hydroxyl groups excluding tert-OH is 7. The number of nitrogens with one attached hydrogen (secondary N) is 1. The zero-order valence-electron chi connectivity index (χ0n) is 19.8. The number of hydrogen-bond acceptors (Lipinski definition) is 13. The summed E-state index contributed by atoms with van der Waals surface area (Å²) in [5, 5.41) is 73.0. The van der Waals surface area contributed by atoms with E-state index in [4.69, 9.17) is 23.7 Å². The molecule has 2 aliphatic heterocycles. The summed E-state index contributed by atoms with van der Waals surface area (Å²) in [6, 6.07) is -0.669. The van der Waals surface area contributed by atoms with Gasteiger partial charge in [-0.1, -0.05) is 12.2 Å². The van der Waals surface area contributed by atoms with Crippen molar-refractivity contribution < 1.29 is 64.2 Å². The van der Waals surface area contributed by atoms with Crippen LogP contribution in [0.4, 0.5) is 0 Å². The summed E-state index contributed by atoms with van der Waals surface area (Å²) in [5.41, 5.74) is 0. The van der Waals surface area contributed by atoms with Gasteiger partial charge in [-0.05, 0) is 6.92 Å². The molecule has 8 N–H and O–H groups in total. The second kappa shape index (κ2) is 13.9. The second-order valence-corrected chi connectivity index (χ2v) is 8.37. The van der Waals surface area contributed by atoms with Gasteiger partial charge in [0.05, 0.1) is 32.0 Å². The first-order chi connectivity index (χ1) is 16.6. The van der Waals surface area contributed by atoms with E-state index in [0.717, 1.165) is 0 Å². The largest absolute Gasteiger partial charge is 0.394 e. The molecule has 0 aliphatic carbocycles. The lowest BCUT2D eigenvalue weighted by Gasteiger charge is -2.46. The molecule has 35 heavy (non-hydrogen) atoms. The monoisotopic (exact) mass is 511 g/mol. The summed E-state index contributed by atoms with van der Waals surface area (Å²) in [6.07, 6.45) is -12.7. The molecule has 2 saturated heterocycles. The topological polar surface area (TPSA) is 217 Å². The Morgan fingerprint density at radius 3 is 2.09 bits per heavy atom. The van der Waals surface area contributed by atoms with Gasteiger partial charge >= 0.3 is 0 Å². The molecule has 0 aromatic rings. The molecule has 2 heterocycles. The predicted octanol–water partition coefficient (Wildman–Crippen LogP) is -4.28. The Kier molecular flexibility index (Phi) is 11.9. The first-order valence-corrected chi connectivity index (χ1v) is 11.2. The van der Waals surface area contributed by atoms with Gasteiger partial charge in [0.25, 0.3) is 0 Å². The van der Waals surface area contributed by atoms with E-state index in [9.17, 15) is 40.5 Å². The molecule has 0 spiro atoms. The van der Waals surface area contributed by atoms with Crippen LogP contribution >= 0.6 is 0 Å². The number of carbonyl (C=O) groups is 1. The van der Waals surface area contributed by atoms with E-state index in [1.807, 2.05) is 0 Å². The van der Waals surface area contributed by atoms with E-state index in [1.54, 1.807) is 19.1 Å². The first-order valence-electron chi connectivity index (χ1n) is 11.2. The van der Waals surface area contributed by atoms with E-state index in [0.29, 0.717) is 0 Å². The fraction of sp³-hybridized carbons (Fsp3) is 0.857. The number of amides is 1. The van der Waals surface area contributed by atoms with Crippen LogP contribution in [0.2, 0.25) is 0 Å². The lowest BCUT2D eigenvalue weighted by molar-refractivity contribution is -0.359. The van der Waals surface area contributed by atoms with Gasteiger partial charge in [-0.15, -0.1) is 0 Å². The average molecular weight is 512 g/mol. The number of carbonyl (C=O) groups excluding carboxylic acids is 1. The van der Waals surface area contributed by atoms with Crippen LogP contribution in [-0.2, 0) is 28.5 Å². The Labute approximate surface area is 202 Å². The van der Waals surface area contributed by atoms with Gasteiger partial charge in [-0.25, -0.2) is 0 Å². The highest BCUT2D eigenvalue weighted by Gasteiger charge is 2.50. The highest BCUT2D eigenvalue weighted by atomic mass is 16.7. The van der Waals surface area contributed by atoms with E-state index in [1.165, 1.54) is 14.0 Å². The Bertz CT molecular complexity index is 678. The van der Waals surface area contributed by atoms with Crippen molar-refractivity contribution >= 4 is 5.91 Å². The molecule has 6 unspecified atom stereocenters. The minimum Gasteiger partial charge on any atom is -0.394 e. The number of rotatable bonds is 11. The molecule has 2 aliphatic rings. The minimum atomic E-state index is -1.76. The normalized spacial score (nSPS) is 39.9. The fourth-order valence-corrected chi connectivity index (χ4v) is 3.94. The fourth-order valence-electron chi connectivity index (χ4n) is 3.94. The molecule has 0 aromatic carbocycles. The Morgan fingerprint density at radius 2 is 1.54 bits per heavy atom. The van der Waals surface area contributed by atoms with Crippen molar-refractivity contribution in [3.8, 4) is 0 Å². The van der Waals surface area contributed by atoms with Gasteiger partial charge in [-0.3, -0.25) is 4.79 Å². The number of aliphatic hydroxyl groups is 7. The first kappa shape index (κ1) is 30.0. The molecule has 2 rings (SSSR count). The van der Waals surface area contributed by atoms with Crippen LogP contribution in [0, 0.1) is 0 Å². The standard InChI is InChI=1S/C21H37NO13/c1-4-5-11(31-3)10(22-9(2)25)8-32-20-18(30)16(28)19(13(7-24)34-20)35-21-17(29)15(27)14(26)12(6-23)33-21/h4-5,10-21,23-24,26-30H,6-8H2,1-3H3,(H,22,25)/b5-4+/t10-,11-,12?,13?,14-,15?,16?,17?,18?,19+,20+,21-/m0/s1. The van der Waals surface area contributed by atoms with Gasteiger partial charge in [0.15, 0.2) is 12.6 Å². The van der Waals surface area contributed by atoms with Crippen molar-refractivity contribution in [2.75, 3.05) is 26.9 Å². The number of ether oxygens (including phenoxy) is 5. The molecule has 0 aromatic heterocycles. The van der Waals surface area contributed by atoms with Crippen molar-refractivity contribution in [1.82, 2.24) is 5.32 Å². The van der Waals surface area contributed by atoms with Crippen molar-refractivity contribution in [2.24, 2.45) is 0 Å². The van der Waals surface area contributed by atoms with Gasteiger partial charge in [0.2, 0.25) is 5.91 Å². The highest BCUT2D eigenvalue weighted by molar-refractivity contribution is 5.73. The molecular formula is C21H37NO13. The van der Waals surface area contributed by atoms with Crippen molar-refractivity contribution in [2.45, 2.75) is 87.4 Å². The maximum absolute atomic E-state index is 11.6. The van der Waals surface area contributed by atoms with Crippen LogP contribution in [0.25, 0.3) is 0 Å². The Hall–Kier alpha value is -1.27. The SMILES string of the molecule is C/C=C/[C@H](OC)[C@H](CO[C@@H]1OC(CO)[C@@H](O[C@@H]2OC(CO)[C@H](O)C(O)C2O)C(O)C1O)NC(C)=O. The third kappa shape index (κ3) is 7.38. The molecule has 14 nitrogen and oxygen atoms in total. The summed E-state index contributed by atoms with van der Waals surface area (Å²) < 4.78 is 27.3. The summed E-state index contributed by atoms with van der Waals surface area (Å²) in [5.74, 6) is -0.350. The third-order valence-corrected chi connectivity index (χ3v) is 5.84. The van der Waals surface area contributed by atoms with Crippen molar-refractivity contribution in [3.63, 3.8) is 0 Å². The molecule has 2 fully saturated rings. The number of hydrogen-bond donors (Lipinski definition) is 8. The summed E-state index contributed by atoms with van der Waals surface area (Å²) in [4.78, 5) is 11.6. The van der Waals surface area contributed by atoms with Gasteiger partial charge in [0, 0.05) is 14.0 Å². The molecular weight excluding hydrogens is 474 g/mol. The van der Waals surface area contributed by atoms with E-state index in [-0.39, 0.29) is 12.5 Å². The summed E-state index contributed by atoms with van der Waals surface area (Å²) in [7, 11) is 1.44. The van der Waals surface area contributed by atoms with E-state index < -0.39 is 86.8 Å². The van der Waals surface area contributed by atoms with Crippen LogP contribution in [0.15, 0.2) is 12.2 Å². The summed E-state index contributed by atoms with van der Waals surface area (Å²) in [6.45, 7) is 1.51. The lowest BCUT2D eigenvalue weighted by Crippen LogP contribution is -2.65. The zero-order chi connectivity index (χ0) is 26.3. The van der Waals surface area contributed by atoms with Crippen LogP contribution < -0.4 is 5.32 Å². The predicted molar refractivity (Wildman–Crippen MR) is 116 cm³/mol. The Morgan fingerprint density at radius 1 is 0.943 bits per heavy atom. The molecule has 0 saturated carbocycles. The maximum Gasteiger partial charge on any atom is 0.217 e. The second-order valence-electron chi connectivity index (χ2n) is 8.37. The van der Waals surface area contributed by atoms with Gasteiger partial charge < -0.3 is 64.7 Å². The van der Waals surface area contributed by atoms with Crippen LogP contribution in [0.1, 0.15) is 13.8 Å². The highest BCUT2D eigenvalue weighted by Crippen LogP contribution is 2.29. The molecule has 0 bridgehead atoms. The van der Waals surface area contributed by atoms with E-state index in [2.05, 4.69) is 5.32 Å². The van der Waals surface area contributed by atoms with E-state index >= 15 is 0 Å². The quantitative estimate of drug-likeness (QED) is 0.123. The third-order valence-electron chi connectivity index (χ3n) is 5.84. The molecule has 14 heteroatoms. The van der Waals surface area contributed by atoms with Gasteiger partial charge in [0.1, 0.15) is 48.8 Å². The van der Waals surface area contributed by atoms with Crippen molar-refractivity contribution in [3.05, 3.63) is 12.2 Å². The van der Waals surface area contributed by atoms with Crippen LogP contribution in [-0.4, -0.2) is 142 Å². The molecule has 12 atom stereocenters. The smallest absolute Gasteiger partial charge is 0.217 e. The van der Waals surface area contributed by atoms with Crippen molar-refractivity contribution in [1.29, 1.82) is 0 Å². The molecule has 1 amide bonds. The maximum atomic E-state index is 11.6. The minimum absolute atomic E-state index is 0.187. The Balaban J connectivity index is 2.09. The average Bonchev–Trinajstić information content (AvgIpc) is 2.83. The van der Waals surface area contributed by atoms with Crippen LogP contribution in [0.3, 0.4) is 0 Å². The number of allylic oxidation sites excluding steroid dienone is 1.